The molecule has 1 aromatic carbocycles. The van der Waals surface area contributed by atoms with Gasteiger partial charge in [0, 0.05) is 18.9 Å². The molecule has 1 aromatic heterocycles. The molecule has 1 heterocycles. The van der Waals surface area contributed by atoms with Crippen LogP contribution in [0.2, 0.25) is 0 Å². The van der Waals surface area contributed by atoms with Crippen molar-refractivity contribution in [3.8, 4) is 17.1 Å². The van der Waals surface area contributed by atoms with Crippen molar-refractivity contribution in [1.82, 2.24) is 9.55 Å². The van der Waals surface area contributed by atoms with Crippen LogP contribution in [0.3, 0.4) is 0 Å². The van der Waals surface area contributed by atoms with E-state index < -0.39 is 0 Å². The molecule has 0 amide bonds. The molecular formula is C15H21N3O. The normalized spacial score (nSPS) is 10.7. The molecule has 4 nitrogen and oxygen atoms in total. The standard InChI is InChI=1S/C15H21N3O/c1-3-12-5-6-14(19-2)13(11-12)15-17-8-10-18(15)9-4-7-16/h5-6,8,10-11H,3-4,7,9,16H2,1-2H3. The first kappa shape index (κ1) is 13.6. The van der Waals surface area contributed by atoms with E-state index in [2.05, 4.69) is 28.6 Å². The molecule has 0 aliphatic carbocycles. The number of hydrogen-bond acceptors (Lipinski definition) is 3. The fourth-order valence-corrected chi connectivity index (χ4v) is 2.15. The lowest BCUT2D eigenvalue weighted by molar-refractivity contribution is 0.415. The number of benzene rings is 1. The highest BCUT2D eigenvalue weighted by Crippen LogP contribution is 2.30. The zero-order valence-electron chi connectivity index (χ0n) is 11.6. The number of rotatable bonds is 6. The van der Waals surface area contributed by atoms with Crippen LogP contribution >= 0.6 is 0 Å². The number of hydrogen-bond donors (Lipinski definition) is 1. The minimum Gasteiger partial charge on any atom is -0.496 e. The van der Waals surface area contributed by atoms with Crippen LogP contribution in [0.25, 0.3) is 11.4 Å². The maximum absolute atomic E-state index is 5.58. The lowest BCUT2D eigenvalue weighted by Crippen LogP contribution is -2.06. The van der Waals surface area contributed by atoms with Gasteiger partial charge in [-0.3, -0.25) is 0 Å². The van der Waals surface area contributed by atoms with E-state index in [-0.39, 0.29) is 0 Å². The summed E-state index contributed by atoms with van der Waals surface area (Å²) in [4.78, 5) is 4.47. The maximum atomic E-state index is 5.58. The Morgan fingerprint density at radius 2 is 2.21 bits per heavy atom. The highest BCUT2D eigenvalue weighted by atomic mass is 16.5. The van der Waals surface area contributed by atoms with Crippen LogP contribution in [0, 0.1) is 0 Å². The van der Waals surface area contributed by atoms with Crippen LogP contribution in [-0.2, 0) is 13.0 Å². The van der Waals surface area contributed by atoms with Gasteiger partial charge in [-0.1, -0.05) is 13.0 Å². The molecular weight excluding hydrogens is 238 g/mol. The van der Waals surface area contributed by atoms with E-state index in [1.54, 1.807) is 7.11 Å². The average Bonchev–Trinajstić information content (AvgIpc) is 2.92. The van der Waals surface area contributed by atoms with E-state index in [1.165, 1.54) is 5.56 Å². The molecule has 0 radical (unpaired) electrons. The predicted molar refractivity (Wildman–Crippen MR) is 77.3 cm³/mol. The second-order valence-electron chi connectivity index (χ2n) is 4.47. The summed E-state index contributed by atoms with van der Waals surface area (Å²) in [5.41, 5.74) is 7.90. The van der Waals surface area contributed by atoms with Crippen LogP contribution < -0.4 is 10.5 Å². The fourth-order valence-electron chi connectivity index (χ4n) is 2.15. The fraction of sp³-hybridized carbons (Fsp3) is 0.400. The Balaban J connectivity index is 2.42. The minimum absolute atomic E-state index is 0.684. The third kappa shape index (κ3) is 2.96. The average molecular weight is 259 g/mol. The van der Waals surface area contributed by atoms with Gasteiger partial charge < -0.3 is 15.0 Å². The van der Waals surface area contributed by atoms with Crippen LogP contribution in [0.1, 0.15) is 18.9 Å². The van der Waals surface area contributed by atoms with Gasteiger partial charge in [-0.05, 0) is 37.1 Å². The number of methoxy groups -OCH3 is 1. The molecule has 102 valence electrons. The quantitative estimate of drug-likeness (QED) is 0.867. The summed E-state index contributed by atoms with van der Waals surface area (Å²) in [5.74, 6) is 1.80. The highest BCUT2D eigenvalue weighted by molar-refractivity contribution is 5.65. The van der Waals surface area contributed by atoms with Gasteiger partial charge in [0.05, 0.1) is 12.7 Å². The first-order valence-electron chi connectivity index (χ1n) is 6.68. The Morgan fingerprint density at radius 3 is 2.89 bits per heavy atom. The predicted octanol–water partition coefficient (Wildman–Crippen LogP) is 2.47. The lowest BCUT2D eigenvalue weighted by Gasteiger charge is -2.12. The summed E-state index contributed by atoms with van der Waals surface area (Å²) in [6, 6.07) is 6.26. The van der Waals surface area contributed by atoms with E-state index in [1.807, 2.05) is 18.5 Å². The first-order chi connectivity index (χ1) is 9.30. The van der Waals surface area contributed by atoms with Crippen LogP contribution in [0.5, 0.6) is 5.75 Å². The van der Waals surface area contributed by atoms with Crippen LogP contribution in [-0.4, -0.2) is 23.2 Å². The zero-order valence-corrected chi connectivity index (χ0v) is 11.6. The number of nitrogens with two attached hydrogens (primary N) is 1. The van der Waals surface area contributed by atoms with Gasteiger partial charge >= 0.3 is 0 Å². The summed E-state index contributed by atoms with van der Waals surface area (Å²) in [6.07, 6.45) is 5.76. The molecule has 0 unspecified atom stereocenters. The second kappa shape index (κ2) is 6.38. The van der Waals surface area contributed by atoms with E-state index in [9.17, 15) is 0 Å². The van der Waals surface area contributed by atoms with Gasteiger partial charge in [0.2, 0.25) is 0 Å². The Morgan fingerprint density at radius 1 is 1.37 bits per heavy atom. The lowest BCUT2D eigenvalue weighted by atomic mass is 10.1. The van der Waals surface area contributed by atoms with Crippen molar-refractivity contribution in [3.05, 3.63) is 36.2 Å². The smallest absolute Gasteiger partial charge is 0.143 e. The monoisotopic (exact) mass is 259 g/mol. The molecule has 0 atom stereocenters. The molecule has 0 saturated carbocycles. The summed E-state index contributed by atoms with van der Waals surface area (Å²) in [7, 11) is 1.69. The summed E-state index contributed by atoms with van der Waals surface area (Å²) < 4.78 is 7.58. The number of nitrogens with zero attached hydrogens (tertiary/aromatic N) is 2. The van der Waals surface area contributed by atoms with Crippen molar-refractivity contribution in [2.75, 3.05) is 13.7 Å². The third-order valence-corrected chi connectivity index (χ3v) is 3.23. The summed E-state index contributed by atoms with van der Waals surface area (Å²) in [5, 5.41) is 0. The Hall–Kier alpha value is -1.81. The number of aromatic nitrogens is 2. The van der Waals surface area contributed by atoms with Crippen molar-refractivity contribution < 1.29 is 4.74 Å². The van der Waals surface area contributed by atoms with Crippen molar-refractivity contribution in [2.45, 2.75) is 26.3 Å². The van der Waals surface area contributed by atoms with Gasteiger partial charge in [-0.2, -0.15) is 0 Å². The Kier molecular flexibility index (Phi) is 4.58. The number of aryl methyl sites for hydroxylation is 2. The second-order valence-corrected chi connectivity index (χ2v) is 4.47. The van der Waals surface area contributed by atoms with E-state index in [4.69, 9.17) is 10.5 Å². The van der Waals surface area contributed by atoms with Gasteiger partial charge in [0.15, 0.2) is 0 Å². The van der Waals surface area contributed by atoms with Gasteiger partial charge in [0.1, 0.15) is 11.6 Å². The highest BCUT2D eigenvalue weighted by Gasteiger charge is 2.12. The molecule has 2 aromatic rings. The summed E-state index contributed by atoms with van der Waals surface area (Å²) in [6.45, 7) is 3.71. The molecule has 2 rings (SSSR count). The maximum Gasteiger partial charge on any atom is 0.143 e. The van der Waals surface area contributed by atoms with Crippen molar-refractivity contribution in [3.63, 3.8) is 0 Å². The van der Waals surface area contributed by atoms with E-state index >= 15 is 0 Å². The molecule has 4 heteroatoms. The molecule has 0 spiro atoms. The topological polar surface area (TPSA) is 53.1 Å². The molecule has 0 fully saturated rings. The van der Waals surface area contributed by atoms with E-state index in [0.717, 1.165) is 36.5 Å². The summed E-state index contributed by atoms with van der Waals surface area (Å²) >= 11 is 0. The molecule has 0 aliphatic rings. The Bertz CT molecular complexity index is 534. The van der Waals surface area contributed by atoms with Crippen molar-refractivity contribution >= 4 is 0 Å². The SMILES string of the molecule is CCc1ccc(OC)c(-c2nccn2CCCN)c1. The first-order valence-corrected chi connectivity index (χ1v) is 6.68. The molecule has 19 heavy (non-hydrogen) atoms. The van der Waals surface area contributed by atoms with Crippen LogP contribution in [0.15, 0.2) is 30.6 Å². The number of ether oxygens (including phenoxy) is 1. The molecule has 0 saturated heterocycles. The Labute approximate surface area is 114 Å². The van der Waals surface area contributed by atoms with E-state index in [0.29, 0.717) is 6.54 Å². The van der Waals surface area contributed by atoms with Crippen LogP contribution in [0.4, 0.5) is 0 Å². The van der Waals surface area contributed by atoms with Gasteiger partial charge in [-0.15, -0.1) is 0 Å². The molecule has 0 aliphatic heterocycles. The van der Waals surface area contributed by atoms with Crippen molar-refractivity contribution in [2.24, 2.45) is 5.73 Å². The van der Waals surface area contributed by atoms with Gasteiger partial charge in [0.25, 0.3) is 0 Å². The number of imidazole rings is 1. The minimum atomic E-state index is 0.684. The van der Waals surface area contributed by atoms with Crippen molar-refractivity contribution in [1.29, 1.82) is 0 Å². The molecule has 0 bridgehead atoms. The molecule has 2 N–H and O–H groups in total. The largest absolute Gasteiger partial charge is 0.496 e. The van der Waals surface area contributed by atoms with Gasteiger partial charge in [-0.25, -0.2) is 4.98 Å². The third-order valence-electron chi connectivity index (χ3n) is 3.23. The zero-order chi connectivity index (χ0) is 13.7.